The number of halogens is 3. The van der Waals surface area contributed by atoms with Gasteiger partial charge < -0.3 is 29.8 Å². The van der Waals surface area contributed by atoms with Gasteiger partial charge in [-0.3, -0.25) is 0 Å². The summed E-state index contributed by atoms with van der Waals surface area (Å²) in [4.78, 5) is 10.2. The van der Waals surface area contributed by atoms with E-state index >= 15 is 0 Å². The number of anilines is 1. The molecule has 0 radical (unpaired) electrons. The summed E-state index contributed by atoms with van der Waals surface area (Å²) in [6.45, 7) is 0.0594. The summed E-state index contributed by atoms with van der Waals surface area (Å²) in [5.74, 6) is -1.45. The zero-order valence-electron chi connectivity index (χ0n) is 12.0. The van der Waals surface area contributed by atoms with Gasteiger partial charge in [-0.2, -0.15) is 0 Å². The number of carboxylic acids is 1. The molecule has 130 valence electrons. The first-order valence-electron chi connectivity index (χ1n) is 6.42. The summed E-state index contributed by atoms with van der Waals surface area (Å²) in [5, 5.41) is 8.32. The molecule has 0 aliphatic rings. The van der Waals surface area contributed by atoms with Gasteiger partial charge in [-0.15, -0.1) is 13.2 Å². The average Bonchev–Trinajstić information content (AvgIpc) is 2.38. The molecule has 1 aromatic carbocycles. The highest BCUT2D eigenvalue weighted by Crippen LogP contribution is 2.29. The van der Waals surface area contributed by atoms with E-state index in [9.17, 15) is 18.0 Å². The van der Waals surface area contributed by atoms with E-state index in [1.165, 1.54) is 6.07 Å². The highest BCUT2D eigenvalue weighted by molar-refractivity contribution is 5.67. The Balaban J connectivity index is 2.28. The number of hydrogen-bond acceptors (Lipinski definition) is 6. The van der Waals surface area contributed by atoms with E-state index in [-0.39, 0.29) is 37.9 Å². The van der Waals surface area contributed by atoms with Crippen LogP contribution in [0.25, 0.3) is 0 Å². The Kier molecular flexibility index (Phi) is 7.42. The highest BCUT2D eigenvalue weighted by atomic mass is 19.4. The summed E-state index contributed by atoms with van der Waals surface area (Å²) in [6.07, 6.45) is -4.82. The SMILES string of the molecule is Nc1cc(OCCOCCOCC(=O)O)cc(OC(F)(F)F)c1. The second kappa shape index (κ2) is 9.06. The fourth-order valence-corrected chi connectivity index (χ4v) is 1.47. The molecule has 1 aromatic rings. The van der Waals surface area contributed by atoms with Gasteiger partial charge in [0.25, 0.3) is 0 Å². The van der Waals surface area contributed by atoms with Crippen molar-refractivity contribution >= 4 is 11.7 Å². The third-order valence-electron chi connectivity index (χ3n) is 2.23. The van der Waals surface area contributed by atoms with Gasteiger partial charge in [0, 0.05) is 23.9 Å². The van der Waals surface area contributed by atoms with Crippen molar-refractivity contribution in [3.05, 3.63) is 18.2 Å². The molecule has 0 spiro atoms. The standard InChI is InChI=1S/C13H16F3NO6/c14-13(15,16)23-11-6-9(17)5-10(7-11)22-4-3-20-1-2-21-8-12(18)19/h5-7H,1-4,8,17H2,(H,18,19). The van der Waals surface area contributed by atoms with Crippen LogP contribution in [0.5, 0.6) is 11.5 Å². The molecule has 0 atom stereocenters. The van der Waals surface area contributed by atoms with Gasteiger partial charge in [-0.1, -0.05) is 0 Å². The van der Waals surface area contributed by atoms with Crippen LogP contribution in [-0.4, -0.2) is 50.5 Å². The Hall–Kier alpha value is -2.20. The molecule has 0 unspecified atom stereocenters. The minimum Gasteiger partial charge on any atom is -0.491 e. The van der Waals surface area contributed by atoms with E-state index in [0.717, 1.165) is 12.1 Å². The van der Waals surface area contributed by atoms with Crippen molar-refractivity contribution in [2.45, 2.75) is 6.36 Å². The third kappa shape index (κ3) is 9.42. The molecule has 3 N–H and O–H groups in total. The molecule has 0 saturated carbocycles. The molecule has 1 rings (SSSR count). The third-order valence-corrected chi connectivity index (χ3v) is 2.23. The predicted molar refractivity (Wildman–Crippen MR) is 72.3 cm³/mol. The molecule has 0 aliphatic carbocycles. The summed E-state index contributed by atoms with van der Waals surface area (Å²) in [6, 6.07) is 3.43. The van der Waals surface area contributed by atoms with Crippen molar-refractivity contribution in [2.24, 2.45) is 0 Å². The van der Waals surface area contributed by atoms with Crippen molar-refractivity contribution in [3.63, 3.8) is 0 Å². The Morgan fingerprint density at radius 2 is 1.65 bits per heavy atom. The number of aliphatic carboxylic acids is 1. The van der Waals surface area contributed by atoms with E-state index in [2.05, 4.69) is 4.74 Å². The maximum atomic E-state index is 12.1. The van der Waals surface area contributed by atoms with Crippen LogP contribution >= 0.6 is 0 Å². The number of nitrogens with two attached hydrogens (primary N) is 1. The minimum absolute atomic E-state index is 0.0599. The summed E-state index contributed by atoms with van der Waals surface area (Å²) < 4.78 is 55.2. The van der Waals surface area contributed by atoms with Crippen LogP contribution in [0.2, 0.25) is 0 Å². The molecule has 0 bridgehead atoms. The summed E-state index contributed by atoms with van der Waals surface area (Å²) >= 11 is 0. The lowest BCUT2D eigenvalue weighted by molar-refractivity contribution is -0.274. The van der Waals surface area contributed by atoms with Crippen molar-refractivity contribution < 1.29 is 42.0 Å². The van der Waals surface area contributed by atoms with Gasteiger partial charge in [0.05, 0.1) is 19.8 Å². The van der Waals surface area contributed by atoms with Crippen molar-refractivity contribution in [2.75, 3.05) is 38.8 Å². The Morgan fingerprint density at radius 3 is 2.30 bits per heavy atom. The van der Waals surface area contributed by atoms with E-state index < -0.39 is 24.7 Å². The second-order valence-electron chi connectivity index (χ2n) is 4.19. The average molecular weight is 339 g/mol. The quantitative estimate of drug-likeness (QED) is 0.494. The number of nitrogen functional groups attached to an aromatic ring is 1. The van der Waals surface area contributed by atoms with Crippen LogP contribution < -0.4 is 15.2 Å². The summed E-state index contributed by atoms with van der Waals surface area (Å²) in [5.41, 5.74) is 5.52. The number of carbonyl (C=O) groups is 1. The number of alkyl halides is 3. The number of ether oxygens (including phenoxy) is 4. The Labute approximate surface area is 129 Å². The molecule has 0 heterocycles. The lowest BCUT2D eigenvalue weighted by atomic mass is 10.3. The lowest BCUT2D eigenvalue weighted by Gasteiger charge is -2.12. The smallest absolute Gasteiger partial charge is 0.491 e. The number of rotatable bonds is 10. The van der Waals surface area contributed by atoms with Gasteiger partial charge in [0.1, 0.15) is 24.7 Å². The largest absolute Gasteiger partial charge is 0.573 e. The van der Waals surface area contributed by atoms with E-state index in [1.54, 1.807) is 0 Å². The first kappa shape index (κ1) is 18.8. The van der Waals surface area contributed by atoms with Gasteiger partial charge in [0.2, 0.25) is 0 Å². The molecular formula is C13H16F3NO6. The fourth-order valence-electron chi connectivity index (χ4n) is 1.47. The second-order valence-corrected chi connectivity index (χ2v) is 4.19. The van der Waals surface area contributed by atoms with Crippen molar-refractivity contribution in [1.29, 1.82) is 0 Å². The van der Waals surface area contributed by atoms with Crippen LogP contribution in [0, 0.1) is 0 Å². The highest BCUT2D eigenvalue weighted by Gasteiger charge is 2.31. The maximum Gasteiger partial charge on any atom is 0.573 e. The normalized spacial score (nSPS) is 11.3. The zero-order chi connectivity index (χ0) is 17.3. The number of benzene rings is 1. The Bertz CT molecular complexity index is 509. The predicted octanol–water partition coefficient (Wildman–Crippen LogP) is 1.66. The van der Waals surface area contributed by atoms with E-state index in [4.69, 9.17) is 25.1 Å². The fraction of sp³-hybridized carbons (Fsp3) is 0.462. The molecule has 0 aliphatic heterocycles. The maximum absolute atomic E-state index is 12.1. The first-order valence-corrected chi connectivity index (χ1v) is 6.42. The van der Waals surface area contributed by atoms with Crippen LogP contribution in [0.4, 0.5) is 18.9 Å². The first-order chi connectivity index (χ1) is 10.8. The van der Waals surface area contributed by atoms with Gasteiger partial charge >= 0.3 is 12.3 Å². The monoisotopic (exact) mass is 339 g/mol. The molecule has 7 nitrogen and oxygen atoms in total. The molecule has 10 heteroatoms. The van der Waals surface area contributed by atoms with Crippen LogP contribution in [-0.2, 0) is 14.3 Å². The number of carboxylic acid groups (broad SMARTS) is 1. The molecule has 0 fully saturated rings. The van der Waals surface area contributed by atoms with Gasteiger partial charge in [-0.25, -0.2) is 4.79 Å². The zero-order valence-corrected chi connectivity index (χ0v) is 12.0. The van der Waals surface area contributed by atoms with E-state index in [1.807, 2.05) is 0 Å². The molecule has 0 aromatic heterocycles. The van der Waals surface area contributed by atoms with Crippen LogP contribution in [0.3, 0.4) is 0 Å². The minimum atomic E-state index is -4.82. The topological polar surface area (TPSA) is 100 Å². The molecule has 23 heavy (non-hydrogen) atoms. The van der Waals surface area contributed by atoms with E-state index in [0.29, 0.717) is 0 Å². The van der Waals surface area contributed by atoms with Gasteiger partial charge in [0.15, 0.2) is 0 Å². The van der Waals surface area contributed by atoms with Gasteiger partial charge in [-0.05, 0) is 0 Å². The molecule has 0 saturated heterocycles. The molecular weight excluding hydrogens is 323 g/mol. The van der Waals surface area contributed by atoms with Crippen LogP contribution in [0.15, 0.2) is 18.2 Å². The van der Waals surface area contributed by atoms with Crippen molar-refractivity contribution in [3.8, 4) is 11.5 Å². The van der Waals surface area contributed by atoms with Crippen LogP contribution in [0.1, 0.15) is 0 Å². The molecule has 0 amide bonds. The Morgan fingerprint density at radius 1 is 1.04 bits per heavy atom. The number of hydrogen-bond donors (Lipinski definition) is 2. The summed E-state index contributed by atoms with van der Waals surface area (Å²) in [7, 11) is 0. The lowest BCUT2D eigenvalue weighted by Crippen LogP contribution is -2.17. The van der Waals surface area contributed by atoms with Crippen molar-refractivity contribution in [1.82, 2.24) is 0 Å².